The van der Waals surface area contributed by atoms with Gasteiger partial charge in [0.25, 0.3) is 11.6 Å². The molecular weight excluding hydrogens is 388 g/mol. The molecule has 9 nitrogen and oxygen atoms in total. The molecule has 0 radical (unpaired) electrons. The number of nitrogens with zero attached hydrogens (tertiary/aromatic N) is 3. The maximum Gasteiger partial charge on any atom is 0.325 e. The van der Waals surface area contributed by atoms with Gasteiger partial charge in [0.1, 0.15) is 5.54 Å². The molecule has 0 spiro atoms. The fraction of sp³-hybridized carbons (Fsp3) is 0.286. The minimum atomic E-state index is -1.41. The molecule has 30 heavy (non-hydrogen) atoms. The van der Waals surface area contributed by atoms with Crippen LogP contribution in [0.1, 0.15) is 34.2 Å². The lowest BCUT2D eigenvalue weighted by Crippen LogP contribution is -2.41. The van der Waals surface area contributed by atoms with E-state index in [-0.39, 0.29) is 11.5 Å². The number of aromatic nitrogens is 1. The second kappa shape index (κ2) is 7.58. The number of ketones is 1. The Morgan fingerprint density at radius 2 is 1.90 bits per heavy atom. The first kappa shape index (κ1) is 21.0. The lowest BCUT2D eigenvalue weighted by molar-refractivity contribution is -0.384. The van der Waals surface area contributed by atoms with Crippen LogP contribution in [0.4, 0.5) is 10.5 Å². The third-order valence-electron chi connectivity index (χ3n) is 5.42. The highest BCUT2D eigenvalue weighted by Crippen LogP contribution is 2.30. The van der Waals surface area contributed by atoms with Crippen LogP contribution in [-0.2, 0) is 16.9 Å². The first-order valence-electron chi connectivity index (χ1n) is 9.30. The number of amides is 3. The fourth-order valence-electron chi connectivity index (χ4n) is 3.67. The Morgan fingerprint density at radius 1 is 1.27 bits per heavy atom. The van der Waals surface area contributed by atoms with Crippen molar-refractivity contribution in [3.8, 4) is 0 Å². The first-order chi connectivity index (χ1) is 14.1. The number of carbonyl (C=O) groups excluding carboxylic acids is 3. The second-order valence-electron chi connectivity index (χ2n) is 7.36. The van der Waals surface area contributed by atoms with Gasteiger partial charge in [-0.1, -0.05) is 6.08 Å². The van der Waals surface area contributed by atoms with Crippen LogP contribution < -0.4 is 5.32 Å². The van der Waals surface area contributed by atoms with E-state index >= 15 is 0 Å². The normalized spacial score (nSPS) is 18.4. The second-order valence-corrected chi connectivity index (χ2v) is 7.36. The lowest BCUT2D eigenvalue weighted by Gasteiger charge is -2.22. The Morgan fingerprint density at radius 3 is 2.47 bits per heavy atom. The van der Waals surface area contributed by atoms with Gasteiger partial charge in [0.2, 0.25) is 0 Å². The monoisotopic (exact) mass is 410 g/mol. The summed E-state index contributed by atoms with van der Waals surface area (Å²) in [6.45, 7) is 9.04. The van der Waals surface area contributed by atoms with E-state index in [9.17, 15) is 24.5 Å². The third kappa shape index (κ3) is 3.38. The van der Waals surface area contributed by atoms with Gasteiger partial charge in [-0.05, 0) is 44.5 Å². The van der Waals surface area contributed by atoms with Gasteiger partial charge in [-0.2, -0.15) is 0 Å². The third-order valence-corrected chi connectivity index (χ3v) is 5.42. The molecule has 0 saturated carbocycles. The quantitative estimate of drug-likeness (QED) is 0.248. The molecule has 0 aliphatic carbocycles. The van der Waals surface area contributed by atoms with Gasteiger partial charge in [0.15, 0.2) is 5.78 Å². The van der Waals surface area contributed by atoms with Crippen molar-refractivity contribution in [2.24, 2.45) is 0 Å². The van der Waals surface area contributed by atoms with Crippen molar-refractivity contribution >= 4 is 23.4 Å². The Labute approximate surface area is 173 Å². The van der Waals surface area contributed by atoms with Gasteiger partial charge in [-0.3, -0.25) is 24.6 Å². The van der Waals surface area contributed by atoms with E-state index in [1.165, 1.54) is 31.2 Å². The SMILES string of the molecule is C=CCn1c(C)cc(C(=O)CN2C(=O)N[C@](C)(c3ccc([N+](=O)[O-])cc3)C2=O)c1C. The van der Waals surface area contributed by atoms with Crippen molar-refractivity contribution in [3.63, 3.8) is 0 Å². The van der Waals surface area contributed by atoms with Crippen LogP contribution in [-0.4, -0.2) is 38.7 Å². The molecule has 3 rings (SSSR count). The number of nitro benzene ring substituents is 1. The van der Waals surface area contributed by atoms with Crippen LogP contribution >= 0.6 is 0 Å². The molecule has 3 amide bonds. The van der Waals surface area contributed by atoms with Gasteiger partial charge in [-0.15, -0.1) is 6.58 Å². The Kier molecular flexibility index (Phi) is 5.30. The molecule has 1 aliphatic heterocycles. The summed E-state index contributed by atoms with van der Waals surface area (Å²) in [5.41, 5.74) is 0.920. The van der Waals surface area contributed by atoms with Crippen molar-refractivity contribution in [1.82, 2.24) is 14.8 Å². The van der Waals surface area contributed by atoms with Crippen LogP contribution in [0, 0.1) is 24.0 Å². The van der Waals surface area contributed by atoms with Crippen molar-refractivity contribution in [3.05, 3.63) is 75.6 Å². The molecule has 1 aliphatic rings. The fourth-order valence-corrected chi connectivity index (χ4v) is 3.67. The number of Topliss-reactive ketones (excluding diaryl/α,β-unsaturated/α-hetero) is 1. The lowest BCUT2D eigenvalue weighted by atomic mass is 9.92. The smallest absolute Gasteiger partial charge is 0.325 e. The number of allylic oxidation sites excluding steroid dienone is 1. The van der Waals surface area contributed by atoms with E-state index in [2.05, 4.69) is 11.9 Å². The van der Waals surface area contributed by atoms with Gasteiger partial charge in [0, 0.05) is 35.6 Å². The zero-order valence-electron chi connectivity index (χ0n) is 17.0. The minimum Gasteiger partial charge on any atom is -0.345 e. The van der Waals surface area contributed by atoms with E-state index in [1.54, 1.807) is 19.1 Å². The van der Waals surface area contributed by atoms with Crippen LogP contribution in [0.15, 0.2) is 43.0 Å². The molecule has 2 heterocycles. The summed E-state index contributed by atoms with van der Waals surface area (Å²) in [6.07, 6.45) is 1.72. The molecule has 9 heteroatoms. The van der Waals surface area contributed by atoms with Crippen LogP contribution in [0.25, 0.3) is 0 Å². The zero-order chi connectivity index (χ0) is 22.2. The predicted octanol–water partition coefficient (Wildman–Crippen LogP) is 2.85. The summed E-state index contributed by atoms with van der Waals surface area (Å²) >= 11 is 0. The number of imide groups is 1. The number of hydrogen-bond acceptors (Lipinski definition) is 5. The molecular formula is C21H22N4O5. The summed E-state index contributed by atoms with van der Waals surface area (Å²) in [5.74, 6) is -0.940. The number of carbonyl (C=O) groups is 3. The summed E-state index contributed by atoms with van der Waals surface area (Å²) in [5, 5.41) is 13.4. The summed E-state index contributed by atoms with van der Waals surface area (Å²) in [6, 6.07) is 6.42. The van der Waals surface area contributed by atoms with Crippen molar-refractivity contribution < 1.29 is 19.3 Å². The summed E-state index contributed by atoms with van der Waals surface area (Å²) in [4.78, 5) is 49.6. The molecule has 1 N–H and O–H groups in total. The van der Waals surface area contributed by atoms with Crippen LogP contribution in [0.3, 0.4) is 0 Å². The van der Waals surface area contributed by atoms with Crippen molar-refractivity contribution in [1.29, 1.82) is 0 Å². The van der Waals surface area contributed by atoms with E-state index in [0.717, 1.165) is 16.3 Å². The molecule has 2 aromatic rings. The highest BCUT2D eigenvalue weighted by atomic mass is 16.6. The number of hydrogen-bond donors (Lipinski definition) is 1. The molecule has 1 atom stereocenters. The van der Waals surface area contributed by atoms with E-state index < -0.39 is 28.9 Å². The maximum atomic E-state index is 13.0. The van der Waals surface area contributed by atoms with E-state index in [0.29, 0.717) is 17.7 Å². The molecule has 1 fully saturated rings. The summed E-state index contributed by atoms with van der Waals surface area (Å²) in [7, 11) is 0. The first-order valence-corrected chi connectivity index (χ1v) is 9.30. The molecule has 1 aromatic heterocycles. The van der Waals surface area contributed by atoms with Gasteiger partial charge < -0.3 is 9.88 Å². The van der Waals surface area contributed by atoms with E-state index in [4.69, 9.17) is 0 Å². The average Bonchev–Trinajstić information content (AvgIpc) is 3.11. The number of non-ortho nitro benzene ring substituents is 1. The molecule has 0 bridgehead atoms. The Hall–Kier alpha value is -3.75. The number of benzene rings is 1. The van der Waals surface area contributed by atoms with Crippen LogP contribution in [0.2, 0.25) is 0 Å². The Balaban J connectivity index is 1.84. The maximum absolute atomic E-state index is 13.0. The standard InChI is InChI=1S/C21H22N4O5/c1-5-10-23-13(2)11-17(14(23)3)18(26)12-24-19(27)21(4,22-20(24)28)15-6-8-16(9-7-15)25(29)30/h5-9,11H,1,10,12H2,2-4H3,(H,22,28)/t21-/m1/s1. The van der Waals surface area contributed by atoms with Gasteiger partial charge in [-0.25, -0.2) is 4.79 Å². The zero-order valence-corrected chi connectivity index (χ0v) is 17.0. The number of urea groups is 1. The number of nitrogens with one attached hydrogen (secondary N) is 1. The van der Waals surface area contributed by atoms with Crippen molar-refractivity contribution in [2.45, 2.75) is 32.9 Å². The Bertz CT molecular complexity index is 1070. The summed E-state index contributed by atoms with van der Waals surface area (Å²) < 4.78 is 1.92. The molecule has 1 saturated heterocycles. The minimum absolute atomic E-state index is 0.124. The van der Waals surface area contributed by atoms with Gasteiger partial charge in [0.05, 0.1) is 11.5 Å². The van der Waals surface area contributed by atoms with Crippen LogP contribution in [0.5, 0.6) is 0 Å². The molecule has 0 unspecified atom stereocenters. The van der Waals surface area contributed by atoms with Crippen molar-refractivity contribution in [2.75, 3.05) is 6.54 Å². The predicted molar refractivity (Wildman–Crippen MR) is 109 cm³/mol. The number of aryl methyl sites for hydroxylation is 1. The number of nitro groups is 1. The molecule has 1 aromatic carbocycles. The largest absolute Gasteiger partial charge is 0.345 e. The van der Waals surface area contributed by atoms with Gasteiger partial charge >= 0.3 is 6.03 Å². The number of rotatable bonds is 7. The molecule has 156 valence electrons. The highest BCUT2D eigenvalue weighted by Gasteiger charge is 2.49. The average molecular weight is 410 g/mol. The van der Waals surface area contributed by atoms with E-state index in [1.807, 2.05) is 11.5 Å². The highest BCUT2D eigenvalue weighted by molar-refractivity contribution is 6.11. The topological polar surface area (TPSA) is 115 Å².